The molecule has 0 spiro atoms. The van der Waals surface area contributed by atoms with Crippen LogP contribution in [-0.4, -0.2) is 26.4 Å². The zero-order chi connectivity index (χ0) is 21.8. The summed E-state index contributed by atoms with van der Waals surface area (Å²) in [6.45, 7) is 4.38. The van der Waals surface area contributed by atoms with E-state index in [0.29, 0.717) is 23.7 Å². The number of nitriles is 1. The monoisotopic (exact) mass is 433 g/mol. The quantitative estimate of drug-likeness (QED) is 0.430. The van der Waals surface area contributed by atoms with Gasteiger partial charge in [-0.1, -0.05) is 42.1 Å². The number of anilines is 1. The largest absolute Gasteiger partial charge is 0.459 e. The Labute approximate surface area is 182 Å². The third kappa shape index (κ3) is 4.39. The average Bonchev–Trinajstić information content (AvgIpc) is 3.51. The first-order valence-electron chi connectivity index (χ1n) is 9.50. The molecule has 0 aliphatic rings. The number of amides is 1. The number of nitrogens with one attached hydrogen (secondary N) is 1. The summed E-state index contributed by atoms with van der Waals surface area (Å²) in [5.74, 6) is 0.994. The highest BCUT2D eigenvalue weighted by molar-refractivity contribution is 7.99. The first kappa shape index (κ1) is 20.5. The van der Waals surface area contributed by atoms with Gasteiger partial charge in [-0.2, -0.15) is 5.26 Å². The highest BCUT2D eigenvalue weighted by Gasteiger charge is 2.20. The molecule has 0 radical (unpaired) electrons. The number of nitrogens with zero attached hydrogens (tertiary/aromatic N) is 4. The molecule has 9 heteroatoms. The van der Waals surface area contributed by atoms with E-state index in [9.17, 15) is 10.1 Å². The summed E-state index contributed by atoms with van der Waals surface area (Å²) in [7, 11) is 0. The Balaban J connectivity index is 1.48. The van der Waals surface area contributed by atoms with Crippen molar-refractivity contribution < 1.29 is 13.6 Å². The average molecular weight is 433 g/mol. The van der Waals surface area contributed by atoms with E-state index >= 15 is 0 Å². The molecule has 1 aromatic carbocycles. The van der Waals surface area contributed by atoms with Crippen LogP contribution in [0.5, 0.6) is 0 Å². The summed E-state index contributed by atoms with van der Waals surface area (Å²) < 4.78 is 12.7. The third-order valence-electron chi connectivity index (χ3n) is 4.85. The van der Waals surface area contributed by atoms with E-state index < -0.39 is 0 Å². The number of thioether (sulfide) groups is 1. The second kappa shape index (κ2) is 8.93. The fourth-order valence-corrected chi connectivity index (χ4v) is 3.72. The van der Waals surface area contributed by atoms with Crippen molar-refractivity contribution in [3.05, 3.63) is 71.1 Å². The Kier molecular flexibility index (Phi) is 5.91. The van der Waals surface area contributed by atoms with E-state index in [1.165, 1.54) is 6.26 Å². The lowest BCUT2D eigenvalue weighted by Crippen LogP contribution is -2.18. The predicted octanol–water partition coefficient (Wildman–Crippen LogP) is 4.40. The number of hydrogen-bond donors (Lipinski definition) is 1. The lowest BCUT2D eigenvalue weighted by Gasteiger charge is -2.13. The normalized spacial score (nSPS) is 10.7. The molecule has 0 atom stereocenters. The first-order chi connectivity index (χ1) is 15.1. The molecular formula is C22H19N5O3S. The molecule has 4 aromatic rings. The van der Waals surface area contributed by atoms with Crippen molar-refractivity contribution in [2.45, 2.75) is 25.6 Å². The molecule has 0 aliphatic heterocycles. The van der Waals surface area contributed by atoms with Crippen LogP contribution in [0.2, 0.25) is 0 Å². The van der Waals surface area contributed by atoms with Crippen LogP contribution >= 0.6 is 11.8 Å². The van der Waals surface area contributed by atoms with Crippen molar-refractivity contribution in [3.63, 3.8) is 0 Å². The molecule has 3 aromatic heterocycles. The molecule has 4 rings (SSSR count). The lowest BCUT2D eigenvalue weighted by molar-refractivity contribution is -0.113. The van der Waals surface area contributed by atoms with Crippen molar-refractivity contribution in [3.8, 4) is 17.7 Å². The van der Waals surface area contributed by atoms with E-state index in [1.807, 2.05) is 48.7 Å². The van der Waals surface area contributed by atoms with Gasteiger partial charge in [0.25, 0.3) is 11.1 Å². The van der Waals surface area contributed by atoms with Gasteiger partial charge >= 0.3 is 0 Å². The number of benzene rings is 1. The number of hydrogen-bond acceptors (Lipinski definition) is 7. The molecule has 156 valence electrons. The van der Waals surface area contributed by atoms with Crippen LogP contribution in [0.3, 0.4) is 0 Å². The summed E-state index contributed by atoms with van der Waals surface area (Å²) in [5, 5.41) is 20.6. The molecule has 1 amide bonds. The number of furan rings is 1. The Hall–Kier alpha value is -3.77. The van der Waals surface area contributed by atoms with Gasteiger partial charge in [0.05, 0.1) is 17.6 Å². The van der Waals surface area contributed by atoms with Gasteiger partial charge in [-0.15, -0.1) is 10.2 Å². The van der Waals surface area contributed by atoms with Gasteiger partial charge in [-0.3, -0.25) is 4.79 Å². The van der Waals surface area contributed by atoms with E-state index in [1.54, 1.807) is 12.1 Å². The van der Waals surface area contributed by atoms with E-state index in [0.717, 1.165) is 28.6 Å². The molecule has 0 aliphatic carbocycles. The van der Waals surface area contributed by atoms with Crippen LogP contribution in [0, 0.1) is 25.2 Å². The molecule has 8 nitrogen and oxygen atoms in total. The molecule has 0 bridgehead atoms. The Morgan fingerprint density at radius 2 is 2.00 bits per heavy atom. The van der Waals surface area contributed by atoms with Crippen LogP contribution in [0.4, 0.5) is 5.82 Å². The molecule has 3 heterocycles. The predicted molar refractivity (Wildman–Crippen MR) is 116 cm³/mol. The Bertz CT molecular complexity index is 1240. The molecule has 0 saturated carbocycles. The van der Waals surface area contributed by atoms with Crippen LogP contribution in [0.1, 0.15) is 22.4 Å². The van der Waals surface area contributed by atoms with Gasteiger partial charge in [-0.25, -0.2) is 0 Å². The molecular weight excluding hydrogens is 414 g/mol. The van der Waals surface area contributed by atoms with Crippen molar-refractivity contribution >= 4 is 23.5 Å². The summed E-state index contributed by atoms with van der Waals surface area (Å²) >= 11 is 1.11. The molecule has 0 unspecified atom stereocenters. The van der Waals surface area contributed by atoms with Crippen LogP contribution < -0.4 is 5.32 Å². The fraction of sp³-hybridized carbons (Fsp3) is 0.182. The zero-order valence-corrected chi connectivity index (χ0v) is 17.8. The maximum Gasteiger partial charge on any atom is 0.284 e. The van der Waals surface area contributed by atoms with E-state index in [4.69, 9.17) is 8.83 Å². The van der Waals surface area contributed by atoms with Crippen molar-refractivity contribution in [1.29, 1.82) is 5.26 Å². The van der Waals surface area contributed by atoms with Crippen LogP contribution in [0.15, 0.2) is 62.8 Å². The number of carbonyl (C=O) groups excluding carboxylic acids is 1. The second-order valence-corrected chi connectivity index (χ2v) is 7.73. The van der Waals surface area contributed by atoms with Gasteiger partial charge in [0.1, 0.15) is 11.9 Å². The second-order valence-electron chi connectivity index (χ2n) is 6.80. The topological polar surface area (TPSA) is 110 Å². The smallest absolute Gasteiger partial charge is 0.284 e. The van der Waals surface area contributed by atoms with Gasteiger partial charge in [-0.05, 0) is 37.1 Å². The summed E-state index contributed by atoms with van der Waals surface area (Å²) in [5.41, 5.74) is 3.32. The summed E-state index contributed by atoms with van der Waals surface area (Å²) in [6, 6.07) is 15.5. The van der Waals surface area contributed by atoms with Gasteiger partial charge < -0.3 is 18.7 Å². The number of carbonyl (C=O) groups is 1. The van der Waals surface area contributed by atoms with Crippen LogP contribution in [0.25, 0.3) is 11.7 Å². The molecule has 1 N–H and O–H groups in total. The van der Waals surface area contributed by atoms with E-state index in [2.05, 4.69) is 21.6 Å². The third-order valence-corrected chi connectivity index (χ3v) is 5.67. The first-order valence-corrected chi connectivity index (χ1v) is 10.5. The molecule has 0 saturated heterocycles. The fourth-order valence-electron chi connectivity index (χ4n) is 3.16. The zero-order valence-electron chi connectivity index (χ0n) is 17.0. The van der Waals surface area contributed by atoms with Crippen LogP contribution in [-0.2, 0) is 11.3 Å². The highest BCUT2D eigenvalue weighted by Crippen LogP contribution is 2.28. The SMILES string of the molecule is Cc1c(C#N)c(NC(=O)CSc2nnc(-c3ccco3)o2)n(Cc2ccccc2)c1C. The Morgan fingerprint density at radius 3 is 2.71 bits per heavy atom. The summed E-state index contributed by atoms with van der Waals surface area (Å²) in [6.07, 6.45) is 1.51. The minimum absolute atomic E-state index is 0.0548. The van der Waals surface area contributed by atoms with Crippen molar-refractivity contribution in [2.75, 3.05) is 11.1 Å². The van der Waals surface area contributed by atoms with Gasteiger partial charge in [0.15, 0.2) is 5.76 Å². The van der Waals surface area contributed by atoms with Crippen molar-refractivity contribution in [1.82, 2.24) is 14.8 Å². The van der Waals surface area contributed by atoms with Crippen molar-refractivity contribution in [2.24, 2.45) is 0 Å². The minimum atomic E-state index is -0.272. The van der Waals surface area contributed by atoms with Gasteiger partial charge in [0.2, 0.25) is 5.91 Å². The van der Waals surface area contributed by atoms with Gasteiger partial charge in [0, 0.05) is 12.2 Å². The molecule has 31 heavy (non-hydrogen) atoms. The lowest BCUT2D eigenvalue weighted by atomic mass is 10.2. The highest BCUT2D eigenvalue weighted by atomic mass is 32.2. The Morgan fingerprint density at radius 1 is 1.19 bits per heavy atom. The standard InChI is InChI=1S/C22H19N5O3S/c1-14-15(2)27(12-16-7-4-3-5-8-16)20(17(14)11-23)24-19(28)13-31-22-26-25-21(30-22)18-9-6-10-29-18/h3-10H,12-13H2,1-2H3,(H,24,28). The maximum atomic E-state index is 12.7. The number of rotatable bonds is 7. The minimum Gasteiger partial charge on any atom is -0.459 e. The summed E-state index contributed by atoms with van der Waals surface area (Å²) in [4.78, 5) is 12.7. The molecule has 0 fully saturated rings. The maximum absolute atomic E-state index is 12.7. The number of aromatic nitrogens is 3. The van der Waals surface area contributed by atoms with E-state index in [-0.39, 0.29) is 22.8 Å².